The van der Waals surface area contributed by atoms with Crippen LogP contribution in [0.5, 0.6) is 0 Å². The number of aliphatic hydroxyl groups is 1. The highest BCUT2D eigenvalue weighted by atomic mass is 16.5. The topological polar surface area (TPSA) is 79.3 Å². The van der Waals surface area contributed by atoms with Gasteiger partial charge in [-0.2, -0.15) is 4.98 Å². The number of aromatic nitrogens is 2. The van der Waals surface area contributed by atoms with Crippen molar-refractivity contribution in [3.8, 4) is 0 Å². The van der Waals surface area contributed by atoms with E-state index in [1.54, 1.807) is 19.3 Å². The second kappa shape index (κ2) is 4.63. The lowest BCUT2D eigenvalue weighted by Gasteiger charge is -2.20. The highest BCUT2D eigenvalue weighted by molar-refractivity contribution is 5.39. The second-order valence-corrected chi connectivity index (χ2v) is 3.90. The van der Waals surface area contributed by atoms with Crippen LogP contribution in [0.2, 0.25) is 0 Å². The maximum Gasteiger partial charge on any atom is 0.224 e. The average molecular weight is 224 g/mol. The molecule has 1 fully saturated rings. The molecular formula is C10H16N4O2. The Morgan fingerprint density at radius 1 is 1.62 bits per heavy atom. The quantitative estimate of drug-likeness (QED) is 0.672. The fourth-order valence-corrected chi connectivity index (χ4v) is 1.57. The zero-order valence-corrected chi connectivity index (χ0v) is 9.23. The molecule has 6 heteroatoms. The molecule has 0 bridgehead atoms. The largest absolute Gasteiger partial charge is 0.386 e. The van der Waals surface area contributed by atoms with Crippen molar-refractivity contribution in [3.63, 3.8) is 0 Å². The van der Waals surface area contributed by atoms with Crippen molar-refractivity contribution in [1.82, 2.24) is 9.97 Å². The van der Waals surface area contributed by atoms with E-state index in [2.05, 4.69) is 20.6 Å². The van der Waals surface area contributed by atoms with Crippen LogP contribution < -0.4 is 10.6 Å². The number of rotatable bonds is 4. The molecule has 1 aliphatic rings. The summed E-state index contributed by atoms with van der Waals surface area (Å²) in [4.78, 5) is 8.20. The van der Waals surface area contributed by atoms with E-state index in [0.717, 1.165) is 0 Å². The highest BCUT2D eigenvalue weighted by Crippen LogP contribution is 2.18. The van der Waals surface area contributed by atoms with Gasteiger partial charge in [-0.15, -0.1) is 0 Å². The van der Waals surface area contributed by atoms with Gasteiger partial charge in [0, 0.05) is 32.8 Å². The van der Waals surface area contributed by atoms with Gasteiger partial charge >= 0.3 is 0 Å². The van der Waals surface area contributed by atoms with Gasteiger partial charge in [0.05, 0.1) is 6.61 Å². The van der Waals surface area contributed by atoms with Crippen LogP contribution in [-0.4, -0.2) is 47.5 Å². The van der Waals surface area contributed by atoms with Crippen LogP contribution in [0.15, 0.2) is 12.3 Å². The molecule has 3 N–H and O–H groups in total. The molecule has 1 unspecified atom stereocenters. The van der Waals surface area contributed by atoms with E-state index < -0.39 is 5.60 Å². The molecule has 0 aromatic carbocycles. The van der Waals surface area contributed by atoms with Crippen LogP contribution in [0.4, 0.5) is 11.8 Å². The van der Waals surface area contributed by atoms with Crippen LogP contribution in [0.25, 0.3) is 0 Å². The molecule has 1 saturated heterocycles. The number of ether oxygens (including phenoxy) is 1. The molecule has 1 atom stereocenters. The Morgan fingerprint density at radius 3 is 3.19 bits per heavy atom. The third-order valence-electron chi connectivity index (χ3n) is 2.56. The van der Waals surface area contributed by atoms with E-state index in [1.807, 2.05) is 0 Å². The van der Waals surface area contributed by atoms with Crippen molar-refractivity contribution in [3.05, 3.63) is 12.3 Å². The average Bonchev–Trinajstić information content (AvgIpc) is 2.75. The fraction of sp³-hybridized carbons (Fsp3) is 0.600. The molecule has 16 heavy (non-hydrogen) atoms. The van der Waals surface area contributed by atoms with Crippen molar-refractivity contribution in [1.29, 1.82) is 0 Å². The van der Waals surface area contributed by atoms with E-state index in [-0.39, 0.29) is 0 Å². The molecule has 2 rings (SSSR count). The Balaban J connectivity index is 1.93. The first-order valence-corrected chi connectivity index (χ1v) is 5.27. The van der Waals surface area contributed by atoms with Crippen LogP contribution in [0, 0.1) is 0 Å². The molecule has 0 spiro atoms. The van der Waals surface area contributed by atoms with Crippen molar-refractivity contribution in [2.24, 2.45) is 0 Å². The van der Waals surface area contributed by atoms with Gasteiger partial charge in [-0.3, -0.25) is 0 Å². The SMILES string of the molecule is CNc1nccc(NCC2(O)CCOC2)n1. The Hall–Kier alpha value is -1.40. The monoisotopic (exact) mass is 224 g/mol. The zero-order chi connectivity index (χ0) is 11.4. The Morgan fingerprint density at radius 2 is 2.50 bits per heavy atom. The molecule has 1 aliphatic heterocycles. The highest BCUT2D eigenvalue weighted by Gasteiger charge is 2.31. The minimum atomic E-state index is -0.773. The van der Waals surface area contributed by atoms with Gasteiger partial charge in [0.25, 0.3) is 0 Å². The summed E-state index contributed by atoms with van der Waals surface area (Å²) in [7, 11) is 1.76. The summed E-state index contributed by atoms with van der Waals surface area (Å²) in [5.41, 5.74) is -0.773. The lowest BCUT2D eigenvalue weighted by Crippen LogP contribution is -2.37. The third kappa shape index (κ3) is 2.59. The van der Waals surface area contributed by atoms with Gasteiger partial charge in [0.1, 0.15) is 11.4 Å². The van der Waals surface area contributed by atoms with Crippen molar-refractivity contribution in [2.75, 3.05) is 37.4 Å². The molecular weight excluding hydrogens is 208 g/mol. The summed E-state index contributed by atoms with van der Waals surface area (Å²) in [5, 5.41) is 16.0. The van der Waals surface area contributed by atoms with Crippen LogP contribution in [-0.2, 0) is 4.74 Å². The van der Waals surface area contributed by atoms with Gasteiger partial charge < -0.3 is 20.5 Å². The molecule has 88 valence electrons. The second-order valence-electron chi connectivity index (χ2n) is 3.90. The Kier molecular flexibility index (Phi) is 3.21. The minimum absolute atomic E-state index is 0.379. The van der Waals surface area contributed by atoms with E-state index >= 15 is 0 Å². The first-order chi connectivity index (χ1) is 7.72. The van der Waals surface area contributed by atoms with E-state index in [1.165, 1.54) is 0 Å². The van der Waals surface area contributed by atoms with Gasteiger partial charge in [-0.1, -0.05) is 0 Å². The first kappa shape index (κ1) is 11.1. The van der Waals surface area contributed by atoms with Gasteiger partial charge in [0.15, 0.2) is 0 Å². The standard InChI is InChI=1S/C10H16N4O2/c1-11-9-12-4-2-8(14-9)13-6-10(15)3-5-16-7-10/h2,4,15H,3,5-7H2,1H3,(H2,11,12,13,14). The lowest BCUT2D eigenvalue weighted by atomic mass is 10.0. The number of hydrogen-bond donors (Lipinski definition) is 3. The summed E-state index contributed by atoms with van der Waals surface area (Å²) in [5.74, 6) is 1.25. The molecule has 6 nitrogen and oxygen atoms in total. The minimum Gasteiger partial charge on any atom is -0.386 e. The number of nitrogens with one attached hydrogen (secondary N) is 2. The molecule has 0 saturated carbocycles. The van der Waals surface area contributed by atoms with Crippen molar-refractivity contribution < 1.29 is 9.84 Å². The van der Waals surface area contributed by atoms with Crippen LogP contribution >= 0.6 is 0 Å². The summed E-state index contributed by atoms with van der Waals surface area (Å²) < 4.78 is 5.16. The number of hydrogen-bond acceptors (Lipinski definition) is 6. The lowest BCUT2D eigenvalue weighted by molar-refractivity contribution is 0.0381. The molecule has 0 amide bonds. The molecule has 0 aliphatic carbocycles. The zero-order valence-electron chi connectivity index (χ0n) is 9.23. The number of anilines is 2. The summed E-state index contributed by atoms with van der Waals surface area (Å²) >= 11 is 0. The predicted octanol–water partition coefficient (Wildman–Crippen LogP) is 0.0816. The maximum atomic E-state index is 10.0. The van der Waals surface area contributed by atoms with E-state index in [0.29, 0.717) is 37.9 Å². The Labute approximate surface area is 94.1 Å². The van der Waals surface area contributed by atoms with E-state index in [4.69, 9.17) is 4.74 Å². The van der Waals surface area contributed by atoms with Crippen LogP contribution in [0.3, 0.4) is 0 Å². The first-order valence-electron chi connectivity index (χ1n) is 5.27. The number of nitrogens with zero attached hydrogens (tertiary/aromatic N) is 2. The summed E-state index contributed by atoms with van der Waals surface area (Å²) in [6.45, 7) is 1.43. The summed E-state index contributed by atoms with van der Waals surface area (Å²) in [6, 6.07) is 1.76. The fourth-order valence-electron chi connectivity index (χ4n) is 1.57. The summed E-state index contributed by atoms with van der Waals surface area (Å²) in [6.07, 6.45) is 2.32. The molecule has 1 aromatic heterocycles. The third-order valence-corrected chi connectivity index (χ3v) is 2.56. The molecule has 2 heterocycles. The smallest absolute Gasteiger partial charge is 0.224 e. The Bertz CT molecular complexity index is 352. The molecule has 1 aromatic rings. The van der Waals surface area contributed by atoms with Gasteiger partial charge in [0.2, 0.25) is 5.95 Å². The van der Waals surface area contributed by atoms with Crippen molar-refractivity contribution >= 4 is 11.8 Å². The van der Waals surface area contributed by atoms with Gasteiger partial charge in [-0.25, -0.2) is 4.98 Å². The normalized spacial score (nSPS) is 24.4. The van der Waals surface area contributed by atoms with E-state index in [9.17, 15) is 5.11 Å². The maximum absolute atomic E-state index is 10.0. The van der Waals surface area contributed by atoms with Gasteiger partial charge in [-0.05, 0) is 6.07 Å². The predicted molar refractivity (Wildman–Crippen MR) is 60.5 cm³/mol. The molecule has 0 radical (unpaired) electrons. The van der Waals surface area contributed by atoms with Crippen LogP contribution in [0.1, 0.15) is 6.42 Å². The van der Waals surface area contributed by atoms with Crippen molar-refractivity contribution in [2.45, 2.75) is 12.0 Å².